The van der Waals surface area contributed by atoms with E-state index in [-0.39, 0.29) is 16.6 Å². The molecule has 0 bridgehead atoms. The lowest BCUT2D eigenvalue weighted by Gasteiger charge is -2.31. The third-order valence-electron chi connectivity index (χ3n) is 3.48. The second-order valence-electron chi connectivity index (χ2n) is 4.96. The summed E-state index contributed by atoms with van der Waals surface area (Å²) in [5, 5.41) is 0. The molecule has 3 heteroatoms. The Morgan fingerprint density at radius 3 is 2.80 bits per heavy atom. The minimum atomic E-state index is 0. The number of rotatable bonds is 5. The van der Waals surface area contributed by atoms with Crippen LogP contribution in [0.4, 0.5) is 0 Å². The quantitative estimate of drug-likeness (QED) is 0.405. The summed E-state index contributed by atoms with van der Waals surface area (Å²) in [6, 6.07) is 0. The van der Waals surface area contributed by atoms with Gasteiger partial charge in [0.05, 0.1) is 17.8 Å². The van der Waals surface area contributed by atoms with Crippen LogP contribution in [0.5, 0.6) is 0 Å². The number of epoxide rings is 1. The first-order valence-corrected chi connectivity index (χ1v) is 6.03. The predicted octanol–water partition coefficient (Wildman–Crippen LogP) is 1.45. The molecule has 0 spiro atoms. The average Bonchev–Trinajstić information content (AvgIpc) is 2.90. The Bertz CT molecular complexity index is 198. The van der Waals surface area contributed by atoms with Crippen LogP contribution in [0.3, 0.4) is 0 Å². The summed E-state index contributed by atoms with van der Waals surface area (Å²) in [7, 11) is 0. The minimum absolute atomic E-state index is 0. The summed E-state index contributed by atoms with van der Waals surface area (Å²) < 4.78 is 11.5. The van der Waals surface area contributed by atoms with Crippen LogP contribution in [0.1, 0.15) is 52.4 Å². The van der Waals surface area contributed by atoms with Crippen LogP contribution in [-0.2, 0) is 9.47 Å². The van der Waals surface area contributed by atoms with E-state index in [1.54, 1.807) is 0 Å². The fourth-order valence-corrected chi connectivity index (χ4v) is 2.39. The molecule has 0 aromatic rings. The summed E-state index contributed by atoms with van der Waals surface area (Å²) >= 11 is 0. The number of hydrogen-bond acceptors (Lipinski definition) is 2. The summed E-state index contributed by atoms with van der Waals surface area (Å²) in [6.45, 7) is 5.41. The van der Waals surface area contributed by atoms with Gasteiger partial charge in [-0.25, -0.2) is 0 Å². The van der Waals surface area contributed by atoms with Crippen molar-refractivity contribution in [2.24, 2.45) is 0 Å². The monoisotopic (exact) mass is 230 g/mol. The van der Waals surface area contributed by atoms with E-state index in [0.717, 1.165) is 13.0 Å². The van der Waals surface area contributed by atoms with E-state index in [2.05, 4.69) is 13.8 Å². The molecule has 90 valence electrons. The van der Waals surface area contributed by atoms with Gasteiger partial charge in [-0.2, -0.15) is 0 Å². The molecule has 3 atom stereocenters. The SMILES string of the molecule is CCCCCOC1(C)CC[C@H]2O[C@H]2C1.[SiH4]. The van der Waals surface area contributed by atoms with Gasteiger partial charge in [0.1, 0.15) is 0 Å². The van der Waals surface area contributed by atoms with Gasteiger partial charge in [-0.15, -0.1) is 0 Å². The van der Waals surface area contributed by atoms with Gasteiger partial charge in [0.25, 0.3) is 0 Å². The smallest absolute Gasteiger partial charge is 0.0869 e. The lowest BCUT2D eigenvalue weighted by atomic mass is 9.86. The third kappa shape index (κ3) is 3.57. The zero-order valence-electron chi connectivity index (χ0n) is 9.42. The van der Waals surface area contributed by atoms with E-state index < -0.39 is 0 Å². The topological polar surface area (TPSA) is 21.8 Å². The second kappa shape index (κ2) is 5.46. The van der Waals surface area contributed by atoms with E-state index in [0.29, 0.717) is 12.2 Å². The molecule has 0 radical (unpaired) electrons. The lowest BCUT2D eigenvalue weighted by Crippen LogP contribution is -2.34. The van der Waals surface area contributed by atoms with Crippen molar-refractivity contribution in [3.05, 3.63) is 0 Å². The summed E-state index contributed by atoms with van der Waals surface area (Å²) in [4.78, 5) is 0. The van der Waals surface area contributed by atoms with Crippen LogP contribution < -0.4 is 0 Å². The first kappa shape index (κ1) is 13.2. The first-order chi connectivity index (χ1) is 6.73. The van der Waals surface area contributed by atoms with Gasteiger partial charge in [-0.3, -0.25) is 0 Å². The van der Waals surface area contributed by atoms with Crippen molar-refractivity contribution in [2.45, 2.75) is 70.2 Å². The Morgan fingerprint density at radius 2 is 2.13 bits per heavy atom. The molecular weight excluding hydrogens is 204 g/mol. The molecule has 1 saturated heterocycles. The molecule has 2 rings (SSSR count). The van der Waals surface area contributed by atoms with Crippen LogP contribution in [-0.4, -0.2) is 35.4 Å². The highest BCUT2D eigenvalue weighted by Gasteiger charge is 2.48. The predicted molar refractivity (Wildman–Crippen MR) is 67.7 cm³/mol. The Morgan fingerprint density at radius 1 is 1.33 bits per heavy atom. The Hall–Kier alpha value is 0.137. The fourth-order valence-electron chi connectivity index (χ4n) is 2.39. The van der Waals surface area contributed by atoms with E-state index in [9.17, 15) is 0 Å². The maximum absolute atomic E-state index is 5.99. The van der Waals surface area contributed by atoms with E-state index in [1.165, 1.54) is 32.1 Å². The van der Waals surface area contributed by atoms with Gasteiger partial charge >= 0.3 is 0 Å². The van der Waals surface area contributed by atoms with Crippen molar-refractivity contribution in [3.63, 3.8) is 0 Å². The minimum Gasteiger partial charge on any atom is -0.375 e. The molecular formula is C12H26O2Si. The van der Waals surface area contributed by atoms with Crippen molar-refractivity contribution in [3.8, 4) is 0 Å². The molecule has 15 heavy (non-hydrogen) atoms. The molecule has 0 N–H and O–H groups in total. The molecule has 1 heterocycles. The van der Waals surface area contributed by atoms with Crippen LogP contribution in [0.15, 0.2) is 0 Å². The first-order valence-electron chi connectivity index (χ1n) is 6.03. The van der Waals surface area contributed by atoms with Gasteiger partial charge in [0.15, 0.2) is 0 Å². The van der Waals surface area contributed by atoms with Gasteiger partial charge < -0.3 is 9.47 Å². The Kier molecular flexibility index (Phi) is 4.81. The van der Waals surface area contributed by atoms with Gasteiger partial charge in [0, 0.05) is 13.0 Å². The highest BCUT2D eigenvalue weighted by atomic mass is 28.1. The van der Waals surface area contributed by atoms with Crippen LogP contribution in [0.2, 0.25) is 0 Å². The number of ether oxygens (including phenoxy) is 2. The fraction of sp³-hybridized carbons (Fsp3) is 1.00. The molecule has 2 nitrogen and oxygen atoms in total. The molecule has 1 saturated carbocycles. The van der Waals surface area contributed by atoms with Gasteiger partial charge in [-0.1, -0.05) is 19.8 Å². The zero-order valence-corrected chi connectivity index (χ0v) is 9.42. The molecule has 1 unspecified atom stereocenters. The molecule has 1 aliphatic heterocycles. The molecule has 0 aromatic carbocycles. The second-order valence-corrected chi connectivity index (χ2v) is 4.96. The van der Waals surface area contributed by atoms with Crippen molar-refractivity contribution < 1.29 is 9.47 Å². The molecule has 1 aliphatic carbocycles. The molecule has 0 aromatic heterocycles. The largest absolute Gasteiger partial charge is 0.375 e. The molecule has 0 amide bonds. The summed E-state index contributed by atoms with van der Waals surface area (Å²) in [5.74, 6) is 0. The van der Waals surface area contributed by atoms with Crippen molar-refractivity contribution >= 4 is 11.0 Å². The van der Waals surface area contributed by atoms with E-state index >= 15 is 0 Å². The van der Waals surface area contributed by atoms with Crippen molar-refractivity contribution in [1.82, 2.24) is 0 Å². The third-order valence-corrected chi connectivity index (χ3v) is 3.48. The summed E-state index contributed by atoms with van der Waals surface area (Å²) in [5.41, 5.74) is 0.116. The maximum Gasteiger partial charge on any atom is 0.0869 e. The lowest BCUT2D eigenvalue weighted by molar-refractivity contribution is -0.0530. The highest BCUT2D eigenvalue weighted by Crippen LogP contribution is 2.43. The van der Waals surface area contributed by atoms with Gasteiger partial charge in [-0.05, 0) is 37.2 Å². The summed E-state index contributed by atoms with van der Waals surface area (Å²) in [6.07, 6.45) is 8.38. The average molecular weight is 230 g/mol. The number of hydrogen-bond donors (Lipinski definition) is 0. The standard InChI is InChI=1S/C12H22O2.H4Si/c1-3-4-5-8-13-12(2)7-6-10-11(9-12)14-10;/h10-11H,3-9H2,1-2H3;1H4/t10-,11+,12?;/m1./s1. The van der Waals surface area contributed by atoms with Crippen molar-refractivity contribution in [1.29, 1.82) is 0 Å². The van der Waals surface area contributed by atoms with E-state index in [4.69, 9.17) is 9.47 Å². The highest BCUT2D eigenvalue weighted by molar-refractivity contribution is 5.75. The normalized spacial score (nSPS) is 38.0. The number of fused-ring (bicyclic) bond motifs is 1. The van der Waals surface area contributed by atoms with Crippen LogP contribution >= 0.6 is 0 Å². The molecule has 2 fully saturated rings. The van der Waals surface area contributed by atoms with Crippen molar-refractivity contribution in [2.75, 3.05) is 6.61 Å². The van der Waals surface area contributed by atoms with E-state index in [1.807, 2.05) is 0 Å². The number of unbranched alkanes of at least 4 members (excludes halogenated alkanes) is 2. The zero-order chi connectivity index (χ0) is 10.0. The Labute approximate surface area is 97.7 Å². The molecule has 2 aliphatic rings. The van der Waals surface area contributed by atoms with Gasteiger partial charge in [0.2, 0.25) is 0 Å². The maximum atomic E-state index is 5.99. The van der Waals surface area contributed by atoms with Crippen LogP contribution in [0.25, 0.3) is 0 Å². The van der Waals surface area contributed by atoms with Crippen LogP contribution in [0, 0.1) is 0 Å². The Balaban J connectivity index is 0.00000112.